The van der Waals surface area contributed by atoms with Gasteiger partial charge >= 0.3 is 0 Å². The van der Waals surface area contributed by atoms with Crippen LogP contribution in [0.3, 0.4) is 0 Å². The first-order valence-corrected chi connectivity index (χ1v) is 5.25. The van der Waals surface area contributed by atoms with Gasteiger partial charge in [-0.3, -0.25) is 9.69 Å². The fraction of sp³-hybridized carbons (Fsp3) is 0.900. The molecule has 80 valence electrons. The highest BCUT2D eigenvalue weighted by molar-refractivity contribution is 5.85. The second-order valence-electron chi connectivity index (χ2n) is 4.65. The molecule has 0 N–H and O–H groups in total. The van der Waals surface area contributed by atoms with Gasteiger partial charge in [-0.05, 0) is 27.6 Å². The van der Waals surface area contributed by atoms with Gasteiger partial charge in [-0.2, -0.15) is 0 Å². The topological polar surface area (TPSA) is 26.6 Å². The van der Waals surface area contributed by atoms with Crippen LogP contribution >= 0.6 is 0 Å². The molecule has 2 aliphatic heterocycles. The highest BCUT2D eigenvalue weighted by Gasteiger charge is 2.41. The first kappa shape index (κ1) is 9.93. The van der Waals surface area contributed by atoms with E-state index in [1.165, 1.54) is 0 Å². The standard InChI is InChI=1S/C10H19N3O/c1-11(2)8-4-5-13(6-8)10(14)9-7-12(9)3/h8-9H,4-7H2,1-3H3. The molecule has 1 amide bonds. The number of hydrogen-bond acceptors (Lipinski definition) is 3. The van der Waals surface area contributed by atoms with E-state index in [0.29, 0.717) is 11.9 Å². The van der Waals surface area contributed by atoms with Gasteiger partial charge in [0.15, 0.2) is 0 Å². The Hall–Kier alpha value is -0.610. The molecule has 0 radical (unpaired) electrons. The molecule has 2 saturated heterocycles. The smallest absolute Gasteiger partial charge is 0.241 e. The summed E-state index contributed by atoms with van der Waals surface area (Å²) in [5, 5.41) is 0. The zero-order chi connectivity index (χ0) is 10.3. The molecule has 0 bridgehead atoms. The summed E-state index contributed by atoms with van der Waals surface area (Å²) < 4.78 is 0. The number of carbonyl (C=O) groups excluding carboxylic acids is 1. The lowest BCUT2D eigenvalue weighted by atomic mass is 10.2. The van der Waals surface area contributed by atoms with Crippen LogP contribution in [0.5, 0.6) is 0 Å². The molecular weight excluding hydrogens is 178 g/mol. The number of nitrogens with zero attached hydrogens (tertiary/aromatic N) is 3. The Morgan fingerprint density at radius 2 is 2.00 bits per heavy atom. The summed E-state index contributed by atoms with van der Waals surface area (Å²) in [5.41, 5.74) is 0. The lowest BCUT2D eigenvalue weighted by molar-refractivity contribution is -0.130. The minimum absolute atomic E-state index is 0.191. The van der Waals surface area contributed by atoms with E-state index in [2.05, 4.69) is 23.9 Å². The molecule has 4 heteroatoms. The Bertz CT molecular complexity index is 242. The van der Waals surface area contributed by atoms with Crippen molar-refractivity contribution in [2.24, 2.45) is 0 Å². The van der Waals surface area contributed by atoms with Crippen LogP contribution in [-0.4, -0.2) is 73.5 Å². The zero-order valence-corrected chi connectivity index (χ0v) is 9.23. The molecule has 4 nitrogen and oxygen atoms in total. The molecule has 2 fully saturated rings. The van der Waals surface area contributed by atoms with E-state index in [9.17, 15) is 4.79 Å². The third-order valence-corrected chi connectivity index (χ3v) is 3.35. The van der Waals surface area contributed by atoms with Gasteiger partial charge in [0.25, 0.3) is 0 Å². The van der Waals surface area contributed by atoms with Crippen molar-refractivity contribution in [1.29, 1.82) is 0 Å². The number of likely N-dealkylation sites (tertiary alicyclic amines) is 1. The van der Waals surface area contributed by atoms with E-state index in [0.717, 1.165) is 26.1 Å². The largest absolute Gasteiger partial charge is 0.340 e. The second-order valence-corrected chi connectivity index (χ2v) is 4.65. The normalized spacial score (nSPS) is 36.6. The summed E-state index contributed by atoms with van der Waals surface area (Å²) in [6.45, 7) is 2.80. The molecule has 0 aliphatic carbocycles. The average molecular weight is 197 g/mol. The Kier molecular flexibility index (Phi) is 2.49. The summed E-state index contributed by atoms with van der Waals surface area (Å²) in [4.78, 5) is 18.2. The number of amides is 1. The molecule has 2 rings (SSSR count). The lowest BCUT2D eigenvalue weighted by Crippen LogP contribution is -2.37. The zero-order valence-electron chi connectivity index (χ0n) is 9.23. The van der Waals surface area contributed by atoms with Crippen molar-refractivity contribution in [3.8, 4) is 0 Å². The van der Waals surface area contributed by atoms with Gasteiger partial charge in [-0.1, -0.05) is 0 Å². The third kappa shape index (κ3) is 1.77. The molecule has 3 unspecified atom stereocenters. The molecule has 2 aliphatic rings. The molecular formula is C10H19N3O. The maximum Gasteiger partial charge on any atom is 0.241 e. The van der Waals surface area contributed by atoms with Gasteiger partial charge in [0.1, 0.15) is 6.04 Å². The number of likely N-dealkylation sites (N-methyl/N-ethyl adjacent to an activating group) is 2. The van der Waals surface area contributed by atoms with Crippen LogP contribution in [0.2, 0.25) is 0 Å². The Balaban J connectivity index is 1.86. The molecule has 3 atom stereocenters. The highest BCUT2D eigenvalue weighted by Crippen LogP contribution is 2.21. The van der Waals surface area contributed by atoms with Crippen LogP contribution in [0.4, 0.5) is 0 Å². The summed E-state index contributed by atoms with van der Waals surface area (Å²) in [5.74, 6) is 0.330. The Morgan fingerprint density at radius 3 is 2.43 bits per heavy atom. The van der Waals surface area contributed by atoms with Crippen LogP contribution in [0.25, 0.3) is 0 Å². The second kappa shape index (κ2) is 3.51. The third-order valence-electron chi connectivity index (χ3n) is 3.35. The van der Waals surface area contributed by atoms with Crippen LogP contribution < -0.4 is 0 Å². The van der Waals surface area contributed by atoms with Gasteiger partial charge in [-0.25, -0.2) is 0 Å². The van der Waals surface area contributed by atoms with E-state index in [-0.39, 0.29) is 6.04 Å². The van der Waals surface area contributed by atoms with Crippen molar-refractivity contribution < 1.29 is 4.79 Å². The van der Waals surface area contributed by atoms with Crippen LogP contribution in [0.15, 0.2) is 0 Å². The van der Waals surface area contributed by atoms with Crippen molar-refractivity contribution in [2.45, 2.75) is 18.5 Å². The van der Waals surface area contributed by atoms with Gasteiger partial charge in [0.05, 0.1) is 0 Å². The maximum absolute atomic E-state index is 11.9. The minimum Gasteiger partial charge on any atom is -0.340 e. The molecule has 14 heavy (non-hydrogen) atoms. The molecule has 0 spiro atoms. The molecule has 0 aromatic rings. The summed E-state index contributed by atoms with van der Waals surface area (Å²) in [7, 11) is 6.17. The van der Waals surface area contributed by atoms with E-state index in [4.69, 9.17) is 0 Å². The van der Waals surface area contributed by atoms with Gasteiger partial charge in [-0.15, -0.1) is 0 Å². The fourth-order valence-corrected chi connectivity index (χ4v) is 2.07. The van der Waals surface area contributed by atoms with E-state index in [1.54, 1.807) is 0 Å². The number of rotatable bonds is 2. The Morgan fingerprint density at radius 1 is 1.36 bits per heavy atom. The van der Waals surface area contributed by atoms with E-state index < -0.39 is 0 Å². The van der Waals surface area contributed by atoms with Gasteiger partial charge < -0.3 is 9.80 Å². The molecule has 0 aromatic heterocycles. The predicted molar refractivity (Wildman–Crippen MR) is 55.1 cm³/mol. The monoisotopic (exact) mass is 197 g/mol. The van der Waals surface area contributed by atoms with Crippen molar-refractivity contribution in [3.05, 3.63) is 0 Å². The molecule has 2 heterocycles. The quantitative estimate of drug-likeness (QED) is 0.556. The first-order valence-electron chi connectivity index (χ1n) is 5.25. The van der Waals surface area contributed by atoms with Crippen molar-refractivity contribution in [1.82, 2.24) is 14.7 Å². The SMILES string of the molecule is CN(C)C1CCN(C(=O)C2CN2C)C1. The number of hydrogen-bond donors (Lipinski definition) is 0. The van der Waals surface area contributed by atoms with Crippen LogP contribution in [0.1, 0.15) is 6.42 Å². The van der Waals surface area contributed by atoms with Crippen molar-refractivity contribution in [3.63, 3.8) is 0 Å². The van der Waals surface area contributed by atoms with Crippen molar-refractivity contribution in [2.75, 3.05) is 40.8 Å². The van der Waals surface area contributed by atoms with Crippen LogP contribution in [-0.2, 0) is 4.79 Å². The lowest BCUT2D eigenvalue weighted by Gasteiger charge is -2.20. The summed E-state index contributed by atoms with van der Waals surface area (Å²) in [6, 6.07) is 0.749. The van der Waals surface area contributed by atoms with E-state index in [1.807, 2.05) is 11.9 Å². The van der Waals surface area contributed by atoms with Crippen LogP contribution in [0, 0.1) is 0 Å². The fourth-order valence-electron chi connectivity index (χ4n) is 2.07. The predicted octanol–water partition coefficient (Wildman–Crippen LogP) is -0.537. The molecule has 0 saturated carbocycles. The maximum atomic E-state index is 11.9. The van der Waals surface area contributed by atoms with Crippen molar-refractivity contribution >= 4 is 5.91 Å². The number of carbonyl (C=O) groups is 1. The van der Waals surface area contributed by atoms with Gasteiger partial charge in [0, 0.05) is 25.7 Å². The summed E-state index contributed by atoms with van der Waals surface area (Å²) >= 11 is 0. The molecule has 0 aromatic carbocycles. The average Bonchev–Trinajstić information content (AvgIpc) is 2.69. The first-order chi connectivity index (χ1) is 6.59. The van der Waals surface area contributed by atoms with E-state index >= 15 is 0 Å². The minimum atomic E-state index is 0.191. The van der Waals surface area contributed by atoms with Gasteiger partial charge in [0.2, 0.25) is 5.91 Å². The Labute approximate surface area is 85.5 Å². The highest BCUT2D eigenvalue weighted by atomic mass is 16.2. The summed E-state index contributed by atoms with van der Waals surface area (Å²) in [6.07, 6.45) is 1.12.